The highest BCUT2D eigenvalue weighted by Crippen LogP contribution is 2.12. The van der Waals surface area contributed by atoms with Crippen molar-refractivity contribution in [3.63, 3.8) is 0 Å². The fourth-order valence-corrected chi connectivity index (χ4v) is 1.95. The zero-order chi connectivity index (χ0) is 12.7. The van der Waals surface area contributed by atoms with E-state index in [4.69, 9.17) is 4.74 Å². The Balaban J connectivity index is 2.18. The number of aryl methyl sites for hydroxylation is 1. The summed E-state index contributed by atoms with van der Waals surface area (Å²) in [5, 5.41) is 3.40. The Morgan fingerprint density at radius 3 is 2.53 bits per heavy atom. The molecule has 1 N–H and O–H groups in total. The second-order valence-electron chi connectivity index (χ2n) is 5.05. The molecule has 2 heteroatoms. The van der Waals surface area contributed by atoms with Crippen molar-refractivity contribution in [2.45, 2.75) is 40.2 Å². The summed E-state index contributed by atoms with van der Waals surface area (Å²) in [6.45, 7) is 10.4. The van der Waals surface area contributed by atoms with E-state index in [1.165, 1.54) is 11.3 Å². The summed E-state index contributed by atoms with van der Waals surface area (Å²) in [4.78, 5) is 0. The second kappa shape index (κ2) is 7.33. The van der Waals surface area contributed by atoms with Crippen molar-refractivity contribution in [2.75, 3.05) is 18.5 Å². The zero-order valence-corrected chi connectivity index (χ0v) is 11.5. The molecule has 0 heterocycles. The standard InChI is InChI=1S/C15H25NO/c1-12(2)11-14(4)17-10-9-16-15-8-6-5-7-13(15)3/h5-8,12,14,16H,9-11H2,1-4H3. The molecule has 0 aromatic heterocycles. The molecule has 0 fully saturated rings. The smallest absolute Gasteiger partial charge is 0.0642 e. The van der Waals surface area contributed by atoms with Crippen LogP contribution < -0.4 is 5.32 Å². The Labute approximate surface area is 105 Å². The van der Waals surface area contributed by atoms with Crippen molar-refractivity contribution in [3.8, 4) is 0 Å². The van der Waals surface area contributed by atoms with Crippen molar-refractivity contribution in [2.24, 2.45) is 5.92 Å². The van der Waals surface area contributed by atoms with E-state index in [-0.39, 0.29) is 0 Å². The molecule has 0 aliphatic rings. The molecule has 0 saturated heterocycles. The number of hydrogen-bond acceptors (Lipinski definition) is 2. The lowest BCUT2D eigenvalue weighted by Gasteiger charge is -2.16. The second-order valence-corrected chi connectivity index (χ2v) is 5.05. The normalized spacial score (nSPS) is 12.8. The molecule has 0 amide bonds. The van der Waals surface area contributed by atoms with Crippen LogP contribution in [-0.4, -0.2) is 19.3 Å². The molecular weight excluding hydrogens is 210 g/mol. The minimum atomic E-state index is 0.355. The molecule has 1 aromatic carbocycles. The maximum atomic E-state index is 5.75. The molecule has 1 aromatic rings. The van der Waals surface area contributed by atoms with Crippen LogP contribution in [0.2, 0.25) is 0 Å². The van der Waals surface area contributed by atoms with Gasteiger partial charge in [0.25, 0.3) is 0 Å². The van der Waals surface area contributed by atoms with E-state index < -0.39 is 0 Å². The average molecular weight is 235 g/mol. The van der Waals surface area contributed by atoms with E-state index in [2.05, 4.69) is 57.3 Å². The van der Waals surface area contributed by atoms with E-state index in [0.717, 1.165) is 19.6 Å². The monoisotopic (exact) mass is 235 g/mol. The maximum absolute atomic E-state index is 5.75. The topological polar surface area (TPSA) is 21.3 Å². The average Bonchev–Trinajstić information content (AvgIpc) is 2.25. The summed E-state index contributed by atoms with van der Waals surface area (Å²) in [6, 6.07) is 8.33. The lowest BCUT2D eigenvalue weighted by molar-refractivity contribution is 0.0591. The summed E-state index contributed by atoms with van der Waals surface area (Å²) in [6.07, 6.45) is 1.48. The van der Waals surface area contributed by atoms with Crippen LogP contribution in [0, 0.1) is 12.8 Å². The number of para-hydroxylation sites is 1. The van der Waals surface area contributed by atoms with Gasteiger partial charge in [0.15, 0.2) is 0 Å². The Morgan fingerprint density at radius 2 is 1.88 bits per heavy atom. The van der Waals surface area contributed by atoms with E-state index >= 15 is 0 Å². The maximum Gasteiger partial charge on any atom is 0.0642 e. The van der Waals surface area contributed by atoms with Crippen LogP contribution in [0.25, 0.3) is 0 Å². The summed E-state index contributed by atoms with van der Waals surface area (Å²) < 4.78 is 5.75. The molecule has 0 aliphatic carbocycles. The highest BCUT2D eigenvalue weighted by Gasteiger charge is 2.04. The molecule has 0 aliphatic heterocycles. The van der Waals surface area contributed by atoms with Crippen LogP contribution in [0.1, 0.15) is 32.8 Å². The van der Waals surface area contributed by atoms with Gasteiger partial charge in [0.1, 0.15) is 0 Å². The van der Waals surface area contributed by atoms with Gasteiger partial charge >= 0.3 is 0 Å². The molecule has 0 radical (unpaired) electrons. The summed E-state index contributed by atoms with van der Waals surface area (Å²) >= 11 is 0. The van der Waals surface area contributed by atoms with Crippen molar-refractivity contribution < 1.29 is 4.74 Å². The number of anilines is 1. The first kappa shape index (κ1) is 14.0. The summed E-state index contributed by atoms with van der Waals surface area (Å²) in [5.41, 5.74) is 2.48. The fraction of sp³-hybridized carbons (Fsp3) is 0.600. The first-order chi connectivity index (χ1) is 8.09. The van der Waals surface area contributed by atoms with E-state index in [1.807, 2.05) is 0 Å². The molecule has 1 rings (SSSR count). The van der Waals surface area contributed by atoms with Crippen LogP contribution in [0.3, 0.4) is 0 Å². The molecule has 2 nitrogen and oxygen atoms in total. The number of ether oxygens (including phenoxy) is 1. The molecule has 0 bridgehead atoms. The molecule has 1 unspecified atom stereocenters. The number of hydrogen-bond donors (Lipinski definition) is 1. The minimum Gasteiger partial charge on any atom is -0.383 e. The summed E-state index contributed by atoms with van der Waals surface area (Å²) in [5.74, 6) is 0.703. The quantitative estimate of drug-likeness (QED) is 0.725. The van der Waals surface area contributed by atoms with Gasteiger partial charge in [-0.3, -0.25) is 0 Å². The first-order valence-electron chi connectivity index (χ1n) is 6.50. The highest BCUT2D eigenvalue weighted by molar-refractivity contribution is 5.50. The Bertz CT molecular complexity index is 322. The van der Waals surface area contributed by atoms with Crippen molar-refractivity contribution in [1.82, 2.24) is 0 Å². The molecular formula is C15H25NO. The lowest BCUT2D eigenvalue weighted by atomic mass is 10.1. The van der Waals surface area contributed by atoms with Gasteiger partial charge in [0.2, 0.25) is 0 Å². The van der Waals surface area contributed by atoms with E-state index in [1.54, 1.807) is 0 Å². The lowest BCUT2D eigenvalue weighted by Crippen LogP contribution is -2.17. The van der Waals surface area contributed by atoms with Gasteiger partial charge in [0, 0.05) is 12.2 Å². The van der Waals surface area contributed by atoms with Gasteiger partial charge in [0.05, 0.1) is 12.7 Å². The molecule has 0 spiro atoms. The van der Waals surface area contributed by atoms with Crippen LogP contribution >= 0.6 is 0 Å². The van der Waals surface area contributed by atoms with E-state index in [0.29, 0.717) is 12.0 Å². The fourth-order valence-electron chi connectivity index (χ4n) is 1.95. The van der Waals surface area contributed by atoms with Crippen molar-refractivity contribution >= 4 is 5.69 Å². The third kappa shape index (κ3) is 5.73. The zero-order valence-electron chi connectivity index (χ0n) is 11.5. The largest absolute Gasteiger partial charge is 0.383 e. The highest BCUT2D eigenvalue weighted by atomic mass is 16.5. The first-order valence-corrected chi connectivity index (χ1v) is 6.50. The van der Waals surface area contributed by atoms with Crippen LogP contribution in [0.5, 0.6) is 0 Å². The van der Waals surface area contributed by atoms with Gasteiger partial charge in [-0.05, 0) is 37.8 Å². The summed E-state index contributed by atoms with van der Waals surface area (Å²) in [7, 11) is 0. The number of benzene rings is 1. The minimum absolute atomic E-state index is 0.355. The van der Waals surface area contributed by atoms with E-state index in [9.17, 15) is 0 Å². The van der Waals surface area contributed by atoms with Gasteiger partial charge in [-0.2, -0.15) is 0 Å². The predicted molar refractivity (Wildman–Crippen MR) is 74.5 cm³/mol. The third-order valence-electron chi connectivity index (χ3n) is 2.77. The van der Waals surface area contributed by atoms with Crippen molar-refractivity contribution in [1.29, 1.82) is 0 Å². The Hall–Kier alpha value is -1.02. The SMILES string of the molecule is Cc1ccccc1NCCOC(C)CC(C)C. The van der Waals surface area contributed by atoms with Crippen LogP contribution in [0.4, 0.5) is 5.69 Å². The number of nitrogens with one attached hydrogen (secondary N) is 1. The van der Waals surface area contributed by atoms with Gasteiger partial charge in [-0.1, -0.05) is 32.0 Å². The molecule has 1 atom stereocenters. The predicted octanol–water partition coefficient (Wildman–Crippen LogP) is 3.86. The third-order valence-corrected chi connectivity index (χ3v) is 2.77. The van der Waals surface area contributed by atoms with Crippen LogP contribution in [-0.2, 0) is 4.74 Å². The van der Waals surface area contributed by atoms with Gasteiger partial charge < -0.3 is 10.1 Å². The molecule has 0 saturated carbocycles. The Kier molecular flexibility index (Phi) is 6.06. The van der Waals surface area contributed by atoms with Crippen LogP contribution in [0.15, 0.2) is 24.3 Å². The van der Waals surface area contributed by atoms with Gasteiger partial charge in [-0.15, -0.1) is 0 Å². The Morgan fingerprint density at radius 1 is 1.18 bits per heavy atom. The molecule has 17 heavy (non-hydrogen) atoms. The molecule has 96 valence electrons. The van der Waals surface area contributed by atoms with Crippen molar-refractivity contribution in [3.05, 3.63) is 29.8 Å². The number of rotatable bonds is 7. The van der Waals surface area contributed by atoms with Gasteiger partial charge in [-0.25, -0.2) is 0 Å².